The van der Waals surface area contributed by atoms with E-state index in [2.05, 4.69) is 4.98 Å². The first kappa shape index (κ1) is 20.5. The van der Waals surface area contributed by atoms with Gasteiger partial charge < -0.3 is 9.30 Å². The van der Waals surface area contributed by atoms with Crippen LogP contribution in [0.1, 0.15) is 31.3 Å². The molecule has 3 aromatic carbocycles. The van der Waals surface area contributed by atoms with E-state index in [0.717, 1.165) is 11.0 Å². The summed E-state index contributed by atoms with van der Waals surface area (Å²) in [5.74, 6) is -0.715. The fraction of sp³-hybridized carbons (Fsp3) is 0.120. The molecule has 1 heterocycles. The Hall–Kier alpha value is -3.80. The summed E-state index contributed by atoms with van der Waals surface area (Å²) < 4.78 is 34.2. The van der Waals surface area contributed by atoms with Gasteiger partial charge in [0.25, 0.3) is 0 Å². The Labute approximate surface area is 178 Å². The largest absolute Gasteiger partial charge is 0.423 e. The van der Waals surface area contributed by atoms with Crippen LogP contribution in [0.4, 0.5) is 8.78 Å². The molecule has 0 aliphatic carbocycles. The van der Waals surface area contributed by atoms with Crippen molar-refractivity contribution in [3.05, 3.63) is 95.8 Å². The lowest BCUT2D eigenvalue weighted by atomic mass is 10.1. The van der Waals surface area contributed by atoms with Crippen LogP contribution >= 0.6 is 0 Å². The minimum atomic E-state index is -0.652. The van der Waals surface area contributed by atoms with Crippen molar-refractivity contribution in [2.24, 2.45) is 0 Å². The van der Waals surface area contributed by atoms with E-state index in [1.165, 1.54) is 48.5 Å². The molecule has 0 spiro atoms. The zero-order valence-corrected chi connectivity index (χ0v) is 17.0. The van der Waals surface area contributed by atoms with Crippen molar-refractivity contribution < 1.29 is 18.3 Å². The number of nitrogens with zero attached hydrogens (tertiary/aromatic N) is 2. The summed E-state index contributed by atoms with van der Waals surface area (Å²) in [4.78, 5) is 17.7. The zero-order valence-electron chi connectivity index (χ0n) is 17.0. The molecule has 0 aliphatic rings. The summed E-state index contributed by atoms with van der Waals surface area (Å²) >= 11 is 0. The highest BCUT2D eigenvalue weighted by molar-refractivity contribution is 6.22. The molecule has 31 heavy (non-hydrogen) atoms. The van der Waals surface area contributed by atoms with Crippen LogP contribution in [0.2, 0.25) is 0 Å². The van der Waals surface area contributed by atoms with Gasteiger partial charge in [0, 0.05) is 6.04 Å². The molecule has 156 valence electrons. The Kier molecular flexibility index (Phi) is 5.62. The number of halogens is 2. The van der Waals surface area contributed by atoms with Crippen molar-refractivity contribution in [1.29, 1.82) is 0 Å². The third-order valence-corrected chi connectivity index (χ3v) is 4.81. The van der Waals surface area contributed by atoms with Crippen molar-refractivity contribution in [3.8, 4) is 5.75 Å². The van der Waals surface area contributed by atoms with E-state index in [4.69, 9.17) is 4.74 Å². The first-order valence-electron chi connectivity index (χ1n) is 9.85. The molecule has 0 N–H and O–H groups in total. The van der Waals surface area contributed by atoms with Crippen LogP contribution in [0.15, 0.2) is 72.8 Å². The molecule has 4 rings (SSSR count). The Bertz CT molecular complexity index is 1260. The summed E-state index contributed by atoms with van der Waals surface area (Å²) in [6.45, 7) is 4.06. The molecule has 0 bridgehead atoms. The highest BCUT2D eigenvalue weighted by Gasteiger charge is 2.19. The molecule has 4 nitrogen and oxygen atoms in total. The predicted octanol–water partition coefficient (Wildman–Crippen LogP) is 6.04. The van der Waals surface area contributed by atoms with Gasteiger partial charge in [0.05, 0.1) is 16.6 Å². The van der Waals surface area contributed by atoms with Crippen LogP contribution in [0.5, 0.6) is 5.75 Å². The van der Waals surface area contributed by atoms with Gasteiger partial charge in [0.2, 0.25) is 0 Å². The van der Waals surface area contributed by atoms with Gasteiger partial charge >= 0.3 is 5.97 Å². The van der Waals surface area contributed by atoms with Crippen LogP contribution in [0, 0.1) is 11.6 Å². The van der Waals surface area contributed by atoms with Crippen LogP contribution in [0.3, 0.4) is 0 Å². The SMILES string of the molecule is CC(C)n1c(C=C(C(=O)Oc2ccc(F)cc2)c2ccc(F)cc2)nc2ccccc21. The van der Waals surface area contributed by atoms with Gasteiger partial charge in [-0.25, -0.2) is 18.6 Å². The Balaban J connectivity index is 1.83. The van der Waals surface area contributed by atoms with E-state index in [0.29, 0.717) is 11.4 Å². The Morgan fingerprint density at radius 3 is 2.19 bits per heavy atom. The van der Waals surface area contributed by atoms with E-state index in [1.54, 1.807) is 6.08 Å². The topological polar surface area (TPSA) is 44.1 Å². The van der Waals surface area contributed by atoms with Crippen molar-refractivity contribution in [2.45, 2.75) is 19.9 Å². The molecule has 0 fully saturated rings. The molecule has 0 saturated carbocycles. The first-order valence-corrected chi connectivity index (χ1v) is 9.85. The lowest BCUT2D eigenvalue weighted by molar-refractivity contribution is -0.127. The second-order valence-electron chi connectivity index (χ2n) is 7.33. The molecule has 0 amide bonds. The van der Waals surface area contributed by atoms with Crippen molar-refractivity contribution in [2.75, 3.05) is 0 Å². The van der Waals surface area contributed by atoms with E-state index in [1.807, 2.05) is 42.7 Å². The lowest BCUT2D eigenvalue weighted by Crippen LogP contribution is -2.12. The minimum Gasteiger partial charge on any atom is -0.423 e. The predicted molar refractivity (Wildman–Crippen MR) is 116 cm³/mol. The molecular weight excluding hydrogens is 398 g/mol. The average Bonchev–Trinajstić information content (AvgIpc) is 3.12. The van der Waals surface area contributed by atoms with Gasteiger partial charge in [0.1, 0.15) is 23.2 Å². The second-order valence-corrected chi connectivity index (χ2v) is 7.33. The summed E-state index contributed by atoms with van der Waals surface area (Å²) in [5, 5.41) is 0. The number of fused-ring (bicyclic) bond motifs is 1. The van der Waals surface area contributed by atoms with Gasteiger partial charge in [-0.3, -0.25) is 0 Å². The summed E-state index contributed by atoms with van der Waals surface area (Å²) in [5.41, 5.74) is 2.43. The molecule has 0 unspecified atom stereocenters. The molecular formula is C25H20F2N2O2. The number of hydrogen-bond donors (Lipinski definition) is 0. The first-order chi connectivity index (χ1) is 14.9. The molecule has 6 heteroatoms. The number of benzene rings is 3. The number of ether oxygens (including phenoxy) is 1. The van der Waals surface area contributed by atoms with Gasteiger partial charge in [-0.15, -0.1) is 0 Å². The zero-order chi connectivity index (χ0) is 22.0. The third kappa shape index (κ3) is 4.38. The maximum absolute atomic E-state index is 13.5. The monoisotopic (exact) mass is 418 g/mol. The molecule has 0 saturated heterocycles. The number of imidazole rings is 1. The van der Waals surface area contributed by atoms with Gasteiger partial charge in [-0.2, -0.15) is 0 Å². The number of carbonyl (C=O) groups is 1. The highest BCUT2D eigenvalue weighted by Crippen LogP contribution is 2.26. The molecule has 0 radical (unpaired) electrons. The number of aromatic nitrogens is 2. The van der Waals surface area contributed by atoms with Crippen molar-refractivity contribution >= 4 is 28.7 Å². The van der Waals surface area contributed by atoms with Gasteiger partial charge in [-0.1, -0.05) is 24.3 Å². The summed E-state index contributed by atoms with van der Waals surface area (Å²) in [6.07, 6.45) is 1.64. The number of para-hydroxylation sites is 2. The second kappa shape index (κ2) is 8.52. The number of hydrogen-bond acceptors (Lipinski definition) is 3. The van der Waals surface area contributed by atoms with E-state index in [9.17, 15) is 13.6 Å². The Morgan fingerprint density at radius 1 is 0.935 bits per heavy atom. The lowest BCUT2D eigenvalue weighted by Gasteiger charge is -2.13. The average molecular weight is 418 g/mol. The molecule has 0 aliphatic heterocycles. The maximum Gasteiger partial charge on any atom is 0.344 e. The number of carbonyl (C=O) groups excluding carboxylic acids is 1. The van der Waals surface area contributed by atoms with Crippen LogP contribution in [-0.4, -0.2) is 15.5 Å². The van der Waals surface area contributed by atoms with Crippen molar-refractivity contribution in [3.63, 3.8) is 0 Å². The summed E-state index contributed by atoms with van der Waals surface area (Å²) in [7, 11) is 0. The minimum absolute atomic E-state index is 0.0845. The van der Waals surface area contributed by atoms with Crippen molar-refractivity contribution in [1.82, 2.24) is 9.55 Å². The normalized spacial score (nSPS) is 11.8. The quantitative estimate of drug-likeness (QED) is 0.225. The Morgan fingerprint density at radius 2 is 1.55 bits per heavy atom. The smallest absolute Gasteiger partial charge is 0.344 e. The van der Waals surface area contributed by atoms with E-state index in [-0.39, 0.29) is 17.4 Å². The maximum atomic E-state index is 13.5. The molecule has 1 aromatic heterocycles. The van der Waals surface area contributed by atoms with Crippen LogP contribution < -0.4 is 4.74 Å². The van der Waals surface area contributed by atoms with Gasteiger partial charge in [-0.05, 0) is 74.0 Å². The molecule has 0 atom stereocenters. The van der Waals surface area contributed by atoms with E-state index < -0.39 is 17.6 Å². The molecule has 4 aromatic rings. The fourth-order valence-corrected chi connectivity index (χ4v) is 3.39. The number of esters is 1. The van der Waals surface area contributed by atoms with Crippen LogP contribution in [-0.2, 0) is 4.79 Å². The third-order valence-electron chi connectivity index (χ3n) is 4.81. The number of rotatable bonds is 5. The van der Waals surface area contributed by atoms with E-state index >= 15 is 0 Å². The summed E-state index contributed by atoms with van der Waals surface area (Å²) in [6, 6.07) is 18.5. The van der Waals surface area contributed by atoms with Crippen LogP contribution in [0.25, 0.3) is 22.7 Å². The standard InChI is InChI=1S/C25H20F2N2O2/c1-16(2)29-23-6-4-3-5-22(23)28-24(29)15-21(17-7-9-18(26)10-8-17)25(30)31-20-13-11-19(27)12-14-20/h3-16H,1-2H3. The highest BCUT2D eigenvalue weighted by atomic mass is 19.1. The van der Waals surface area contributed by atoms with Gasteiger partial charge in [0.15, 0.2) is 0 Å². The fourth-order valence-electron chi connectivity index (χ4n) is 3.39.